The van der Waals surface area contributed by atoms with Crippen LogP contribution in [0, 0.1) is 5.92 Å². The van der Waals surface area contributed by atoms with Crippen LogP contribution in [0.1, 0.15) is 11.6 Å². The number of amides is 2. The Labute approximate surface area is 154 Å². The van der Waals surface area contributed by atoms with Gasteiger partial charge < -0.3 is 0 Å². The van der Waals surface area contributed by atoms with Crippen molar-refractivity contribution in [3.05, 3.63) is 60.2 Å². The van der Waals surface area contributed by atoms with E-state index in [1.807, 2.05) is 0 Å². The van der Waals surface area contributed by atoms with E-state index in [1.54, 1.807) is 12.1 Å². The monoisotopic (exact) mass is 356 g/mol. The SMILES string of the molecule is CN1O[C@@H]2C(=O)NC(=O)[C@@H]2[C@@H]1c1ccc2ccc3cccc4ccc1c2c34. The molecule has 2 saturated heterocycles. The molecular formula is C22H16N2O3. The Morgan fingerprint density at radius 1 is 0.852 bits per heavy atom. The van der Waals surface area contributed by atoms with Crippen LogP contribution in [-0.2, 0) is 14.4 Å². The van der Waals surface area contributed by atoms with E-state index < -0.39 is 12.0 Å². The molecule has 2 fully saturated rings. The Bertz CT molecular complexity index is 1250. The molecule has 2 aliphatic heterocycles. The molecule has 3 atom stereocenters. The zero-order valence-corrected chi connectivity index (χ0v) is 14.6. The molecule has 6 rings (SSSR count). The van der Waals surface area contributed by atoms with Crippen molar-refractivity contribution >= 4 is 44.1 Å². The third-order valence-corrected chi connectivity index (χ3v) is 6.03. The number of nitrogens with zero attached hydrogens (tertiary/aromatic N) is 1. The topological polar surface area (TPSA) is 58.6 Å². The summed E-state index contributed by atoms with van der Waals surface area (Å²) in [7, 11) is 1.79. The number of hydroxylamine groups is 2. The Morgan fingerprint density at radius 2 is 1.52 bits per heavy atom. The van der Waals surface area contributed by atoms with E-state index in [0.29, 0.717) is 0 Å². The van der Waals surface area contributed by atoms with Crippen molar-refractivity contribution in [3.8, 4) is 0 Å². The minimum absolute atomic E-state index is 0.259. The molecular weight excluding hydrogens is 340 g/mol. The highest BCUT2D eigenvalue weighted by molar-refractivity contribution is 6.23. The molecule has 0 bridgehead atoms. The predicted octanol–water partition coefficient (Wildman–Crippen LogP) is 3.14. The third-order valence-electron chi connectivity index (χ3n) is 6.03. The fourth-order valence-corrected chi connectivity index (χ4v) is 4.87. The second-order valence-electron chi connectivity index (χ2n) is 7.41. The molecule has 2 heterocycles. The van der Waals surface area contributed by atoms with E-state index in [-0.39, 0.29) is 17.9 Å². The molecule has 5 heteroatoms. The van der Waals surface area contributed by atoms with Gasteiger partial charge in [0.2, 0.25) is 5.91 Å². The maximum atomic E-state index is 12.4. The first-order valence-electron chi connectivity index (χ1n) is 9.04. The summed E-state index contributed by atoms with van der Waals surface area (Å²) in [6.07, 6.45) is -0.744. The summed E-state index contributed by atoms with van der Waals surface area (Å²) < 4.78 is 0. The lowest BCUT2D eigenvalue weighted by Gasteiger charge is -2.24. The molecule has 4 aromatic rings. The number of hydrogen-bond donors (Lipinski definition) is 1. The molecule has 0 aliphatic carbocycles. The number of rotatable bonds is 1. The predicted molar refractivity (Wildman–Crippen MR) is 102 cm³/mol. The van der Waals surface area contributed by atoms with Crippen molar-refractivity contribution in [2.45, 2.75) is 12.1 Å². The van der Waals surface area contributed by atoms with Gasteiger partial charge in [0.1, 0.15) is 0 Å². The largest absolute Gasteiger partial charge is 0.294 e. The molecule has 4 aromatic carbocycles. The molecule has 0 saturated carbocycles. The lowest BCUT2D eigenvalue weighted by atomic mass is 9.85. The van der Waals surface area contributed by atoms with Crippen molar-refractivity contribution < 1.29 is 14.4 Å². The number of carbonyl (C=O) groups excluding carboxylic acids is 2. The number of imide groups is 1. The Hall–Kier alpha value is -3.02. The zero-order valence-electron chi connectivity index (χ0n) is 14.6. The lowest BCUT2D eigenvalue weighted by molar-refractivity contribution is -0.162. The zero-order chi connectivity index (χ0) is 18.3. The van der Waals surface area contributed by atoms with Crippen molar-refractivity contribution in [1.29, 1.82) is 0 Å². The highest BCUT2D eigenvalue weighted by Gasteiger charge is 2.55. The van der Waals surface area contributed by atoms with Gasteiger partial charge in [-0.15, -0.1) is 0 Å². The number of fused-ring (bicyclic) bond motifs is 1. The number of hydrogen-bond acceptors (Lipinski definition) is 4. The summed E-state index contributed by atoms with van der Waals surface area (Å²) in [5.74, 6) is -1.14. The molecule has 0 aromatic heterocycles. The normalized spacial score (nSPS) is 25.7. The molecule has 1 N–H and O–H groups in total. The van der Waals surface area contributed by atoms with Crippen LogP contribution in [0.2, 0.25) is 0 Å². The molecule has 2 aliphatic rings. The first kappa shape index (κ1) is 15.1. The highest BCUT2D eigenvalue weighted by Crippen LogP contribution is 2.45. The van der Waals surface area contributed by atoms with Crippen LogP contribution < -0.4 is 5.32 Å². The van der Waals surface area contributed by atoms with Gasteiger partial charge in [-0.25, -0.2) is 0 Å². The Kier molecular flexibility index (Phi) is 2.81. The quantitative estimate of drug-likeness (QED) is 0.420. The summed E-state index contributed by atoms with van der Waals surface area (Å²) >= 11 is 0. The summed E-state index contributed by atoms with van der Waals surface area (Å²) in [5.41, 5.74) is 1.01. The van der Waals surface area contributed by atoms with Crippen molar-refractivity contribution in [1.82, 2.24) is 10.4 Å². The van der Waals surface area contributed by atoms with Crippen molar-refractivity contribution in [2.24, 2.45) is 5.92 Å². The van der Waals surface area contributed by atoms with Crippen molar-refractivity contribution in [3.63, 3.8) is 0 Å². The number of benzene rings is 4. The molecule has 132 valence electrons. The minimum atomic E-state index is -0.744. The van der Waals surface area contributed by atoms with Crippen LogP contribution in [0.4, 0.5) is 0 Å². The van der Waals surface area contributed by atoms with Gasteiger partial charge in [0, 0.05) is 7.05 Å². The maximum Gasteiger partial charge on any atom is 0.258 e. The van der Waals surface area contributed by atoms with E-state index >= 15 is 0 Å². The minimum Gasteiger partial charge on any atom is -0.294 e. The van der Waals surface area contributed by atoms with E-state index in [2.05, 4.69) is 59.9 Å². The second kappa shape index (κ2) is 5.03. The second-order valence-corrected chi connectivity index (χ2v) is 7.41. The van der Waals surface area contributed by atoms with E-state index in [0.717, 1.165) is 10.9 Å². The van der Waals surface area contributed by atoms with Crippen LogP contribution in [-0.4, -0.2) is 30.0 Å². The number of nitrogens with one attached hydrogen (secondary N) is 1. The van der Waals surface area contributed by atoms with Crippen LogP contribution in [0.25, 0.3) is 32.3 Å². The highest BCUT2D eigenvalue weighted by atomic mass is 16.7. The van der Waals surface area contributed by atoms with Gasteiger partial charge in [-0.3, -0.25) is 19.7 Å². The van der Waals surface area contributed by atoms with E-state index in [9.17, 15) is 9.59 Å². The van der Waals surface area contributed by atoms with Gasteiger partial charge in [-0.05, 0) is 37.9 Å². The molecule has 27 heavy (non-hydrogen) atoms. The third kappa shape index (κ3) is 1.85. The Balaban J connectivity index is 1.66. The maximum absolute atomic E-state index is 12.4. The average Bonchev–Trinajstić information content (AvgIpc) is 3.16. The van der Waals surface area contributed by atoms with Crippen LogP contribution >= 0.6 is 0 Å². The molecule has 2 amide bonds. The van der Waals surface area contributed by atoms with E-state index in [1.165, 1.54) is 26.9 Å². The lowest BCUT2D eigenvalue weighted by Crippen LogP contribution is -2.31. The first-order valence-corrected chi connectivity index (χ1v) is 9.04. The average molecular weight is 356 g/mol. The number of carbonyl (C=O) groups is 2. The standard InChI is InChI=1S/C22H16N2O3/c1-24-19(18-20(27-24)22(26)23-21(18)25)15-10-8-13-6-5-11-3-2-4-12-7-9-14(15)17(13)16(11)12/h2-10,18-20H,1H3,(H,23,25,26)/t18-,19+,20+/m1/s1. The van der Waals surface area contributed by atoms with Gasteiger partial charge in [-0.2, -0.15) is 5.06 Å². The summed E-state index contributed by atoms with van der Waals surface area (Å²) in [6.45, 7) is 0. The summed E-state index contributed by atoms with van der Waals surface area (Å²) in [5, 5.41) is 11.2. The van der Waals surface area contributed by atoms with Gasteiger partial charge in [0.05, 0.1) is 12.0 Å². The van der Waals surface area contributed by atoms with Gasteiger partial charge in [0.25, 0.3) is 5.91 Å². The Morgan fingerprint density at radius 3 is 2.30 bits per heavy atom. The summed E-state index contributed by atoms with van der Waals surface area (Å²) in [4.78, 5) is 30.2. The molecule has 0 spiro atoms. The van der Waals surface area contributed by atoms with Gasteiger partial charge in [0.15, 0.2) is 6.10 Å². The van der Waals surface area contributed by atoms with Crippen LogP contribution in [0.15, 0.2) is 54.6 Å². The molecule has 0 radical (unpaired) electrons. The molecule has 5 nitrogen and oxygen atoms in total. The fraction of sp³-hybridized carbons (Fsp3) is 0.182. The smallest absolute Gasteiger partial charge is 0.258 e. The van der Waals surface area contributed by atoms with Crippen LogP contribution in [0.5, 0.6) is 0 Å². The van der Waals surface area contributed by atoms with E-state index in [4.69, 9.17) is 4.84 Å². The molecule has 0 unspecified atom stereocenters. The first-order chi connectivity index (χ1) is 13.1. The van der Waals surface area contributed by atoms with Gasteiger partial charge in [-0.1, -0.05) is 54.6 Å². The van der Waals surface area contributed by atoms with Crippen molar-refractivity contribution in [2.75, 3.05) is 7.05 Å². The van der Waals surface area contributed by atoms with Crippen LogP contribution in [0.3, 0.4) is 0 Å². The summed E-state index contributed by atoms with van der Waals surface area (Å²) in [6, 6.07) is 18.7. The van der Waals surface area contributed by atoms with Gasteiger partial charge >= 0.3 is 0 Å². The fourth-order valence-electron chi connectivity index (χ4n) is 4.87.